The molecule has 0 saturated carbocycles. The van der Waals surface area contributed by atoms with E-state index in [9.17, 15) is 9.59 Å². The monoisotopic (exact) mass is 284 g/mol. The van der Waals surface area contributed by atoms with Crippen LogP contribution in [0.15, 0.2) is 48.8 Å². The molecular weight excluding hydrogens is 268 g/mol. The van der Waals surface area contributed by atoms with E-state index in [4.69, 9.17) is 4.74 Å². The molecule has 0 unspecified atom stereocenters. The zero-order valence-corrected chi connectivity index (χ0v) is 11.7. The molecule has 1 N–H and O–H groups in total. The lowest BCUT2D eigenvalue weighted by atomic mass is 10.2. The summed E-state index contributed by atoms with van der Waals surface area (Å²) in [6.07, 6.45) is 3.90. The van der Waals surface area contributed by atoms with Crippen LogP contribution >= 0.6 is 0 Å². The zero-order valence-electron chi connectivity index (χ0n) is 11.7. The van der Waals surface area contributed by atoms with Crippen LogP contribution < -0.4 is 10.1 Å². The first-order valence-corrected chi connectivity index (χ1v) is 6.67. The molecule has 0 aliphatic heterocycles. The van der Waals surface area contributed by atoms with Gasteiger partial charge in [0.15, 0.2) is 0 Å². The number of hydrogen-bond acceptors (Lipinski definition) is 4. The van der Waals surface area contributed by atoms with Gasteiger partial charge in [0.1, 0.15) is 12.3 Å². The molecule has 1 amide bonds. The van der Waals surface area contributed by atoms with Crippen molar-refractivity contribution in [3.05, 3.63) is 59.9 Å². The summed E-state index contributed by atoms with van der Waals surface area (Å²) >= 11 is 0. The van der Waals surface area contributed by atoms with Crippen molar-refractivity contribution in [2.24, 2.45) is 0 Å². The topological polar surface area (TPSA) is 68.3 Å². The number of aryl methyl sites for hydroxylation is 1. The van der Waals surface area contributed by atoms with E-state index in [0.717, 1.165) is 12.0 Å². The summed E-state index contributed by atoms with van der Waals surface area (Å²) in [6, 6.07) is 10.5. The highest BCUT2D eigenvalue weighted by molar-refractivity contribution is 5.95. The Kier molecular flexibility index (Phi) is 5.04. The lowest BCUT2D eigenvalue weighted by Gasteiger charge is -2.07. The van der Waals surface area contributed by atoms with Gasteiger partial charge >= 0.3 is 5.97 Å². The molecule has 0 atom stereocenters. The van der Waals surface area contributed by atoms with Gasteiger partial charge in [0, 0.05) is 18.0 Å². The third-order valence-electron chi connectivity index (χ3n) is 2.87. The maximum Gasteiger partial charge on any atom is 0.330 e. The molecule has 21 heavy (non-hydrogen) atoms. The molecule has 1 heterocycles. The van der Waals surface area contributed by atoms with Crippen LogP contribution in [-0.2, 0) is 11.2 Å². The van der Waals surface area contributed by atoms with Crippen LogP contribution in [0.25, 0.3) is 0 Å². The number of carbonyl (C=O) groups excluding carboxylic acids is 2. The zero-order chi connectivity index (χ0) is 15.1. The van der Waals surface area contributed by atoms with Crippen LogP contribution in [-0.4, -0.2) is 23.4 Å². The molecule has 0 bridgehead atoms. The van der Waals surface area contributed by atoms with Crippen LogP contribution in [0.1, 0.15) is 22.8 Å². The lowest BCUT2D eigenvalue weighted by Crippen LogP contribution is -2.31. The highest BCUT2D eigenvalue weighted by atomic mass is 16.5. The summed E-state index contributed by atoms with van der Waals surface area (Å²) in [6.45, 7) is 1.84. The Morgan fingerprint density at radius 1 is 1.19 bits per heavy atom. The first-order chi connectivity index (χ1) is 10.2. The van der Waals surface area contributed by atoms with Crippen molar-refractivity contribution in [2.75, 3.05) is 6.54 Å². The van der Waals surface area contributed by atoms with Crippen molar-refractivity contribution in [1.29, 1.82) is 0 Å². The summed E-state index contributed by atoms with van der Waals surface area (Å²) in [5.41, 5.74) is 1.53. The molecule has 0 spiro atoms. The molecule has 1 aromatic carbocycles. The standard InChI is InChI=1S/C16H16N2O3/c1-2-12-4-3-5-14(10-12)21-15(19)11-18-16(20)13-6-8-17-9-7-13/h3-10H,2,11H2,1H3,(H,18,20). The van der Waals surface area contributed by atoms with Gasteiger partial charge in [-0.15, -0.1) is 0 Å². The minimum absolute atomic E-state index is 0.183. The highest BCUT2D eigenvalue weighted by Crippen LogP contribution is 2.13. The average molecular weight is 284 g/mol. The predicted octanol–water partition coefficient (Wildman–Crippen LogP) is 1.98. The fourth-order valence-electron chi connectivity index (χ4n) is 1.75. The maximum absolute atomic E-state index is 11.8. The van der Waals surface area contributed by atoms with Crippen molar-refractivity contribution in [3.8, 4) is 5.75 Å². The fourth-order valence-corrected chi connectivity index (χ4v) is 1.75. The Hall–Kier alpha value is -2.69. The third kappa shape index (κ3) is 4.42. The molecule has 5 heteroatoms. The average Bonchev–Trinajstić information content (AvgIpc) is 2.53. The molecule has 5 nitrogen and oxygen atoms in total. The third-order valence-corrected chi connectivity index (χ3v) is 2.87. The van der Waals surface area contributed by atoms with Crippen molar-refractivity contribution < 1.29 is 14.3 Å². The predicted molar refractivity (Wildman–Crippen MR) is 78.0 cm³/mol. The molecule has 2 rings (SSSR count). The fraction of sp³-hybridized carbons (Fsp3) is 0.188. The Balaban J connectivity index is 1.86. The maximum atomic E-state index is 11.8. The molecule has 0 aliphatic rings. The van der Waals surface area contributed by atoms with E-state index in [1.54, 1.807) is 18.2 Å². The number of benzene rings is 1. The van der Waals surface area contributed by atoms with Crippen LogP contribution in [0, 0.1) is 0 Å². The quantitative estimate of drug-likeness (QED) is 0.673. The van der Waals surface area contributed by atoms with E-state index < -0.39 is 5.97 Å². The van der Waals surface area contributed by atoms with Crippen LogP contribution in [0.3, 0.4) is 0 Å². The first-order valence-electron chi connectivity index (χ1n) is 6.67. The second kappa shape index (κ2) is 7.19. The summed E-state index contributed by atoms with van der Waals surface area (Å²) in [4.78, 5) is 27.3. The summed E-state index contributed by atoms with van der Waals surface area (Å²) < 4.78 is 5.18. The molecular formula is C16H16N2O3. The number of carbonyl (C=O) groups is 2. The van der Waals surface area contributed by atoms with Gasteiger partial charge in [0.25, 0.3) is 5.91 Å². The SMILES string of the molecule is CCc1cccc(OC(=O)CNC(=O)c2ccncc2)c1. The number of esters is 1. The van der Waals surface area contributed by atoms with E-state index in [0.29, 0.717) is 11.3 Å². The van der Waals surface area contributed by atoms with Crippen LogP contribution in [0.5, 0.6) is 5.75 Å². The van der Waals surface area contributed by atoms with E-state index in [-0.39, 0.29) is 12.5 Å². The van der Waals surface area contributed by atoms with Crippen LogP contribution in [0.4, 0.5) is 0 Å². The van der Waals surface area contributed by atoms with E-state index >= 15 is 0 Å². The largest absolute Gasteiger partial charge is 0.425 e. The van der Waals surface area contributed by atoms with Gasteiger partial charge in [-0.1, -0.05) is 19.1 Å². The van der Waals surface area contributed by atoms with Crippen LogP contribution in [0.2, 0.25) is 0 Å². The molecule has 2 aromatic rings. The van der Waals surface area contributed by atoms with Crippen molar-refractivity contribution in [2.45, 2.75) is 13.3 Å². The first kappa shape index (κ1) is 14.7. The number of nitrogens with zero attached hydrogens (tertiary/aromatic N) is 1. The van der Waals surface area contributed by atoms with Crippen molar-refractivity contribution >= 4 is 11.9 Å². The van der Waals surface area contributed by atoms with Gasteiger partial charge in [-0.2, -0.15) is 0 Å². The second-order valence-electron chi connectivity index (χ2n) is 4.39. The normalized spacial score (nSPS) is 9.95. The number of pyridine rings is 1. The lowest BCUT2D eigenvalue weighted by molar-refractivity contribution is -0.133. The Bertz CT molecular complexity index is 626. The highest BCUT2D eigenvalue weighted by Gasteiger charge is 2.09. The number of hydrogen-bond donors (Lipinski definition) is 1. The second-order valence-corrected chi connectivity index (χ2v) is 4.39. The van der Waals surface area contributed by atoms with Gasteiger partial charge < -0.3 is 10.1 Å². The van der Waals surface area contributed by atoms with Gasteiger partial charge in [-0.3, -0.25) is 9.78 Å². The Morgan fingerprint density at radius 3 is 2.67 bits per heavy atom. The number of amides is 1. The van der Waals surface area contributed by atoms with Gasteiger partial charge in [0.05, 0.1) is 0 Å². The smallest absolute Gasteiger partial charge is 0.330 e. The summed E-state index contributed by atoms with van der Waals surface area (Å²) in [5.74, 6) is -0.361. The molecule has 108 valence electrons. The molecule has 1 aromatic heterocycles. The molecule has 0 fully saturated rings. The van der Waals surface area contributed by atoms with E-state index in [2.05, 4.69) is 10.3 Å². The minimum Gasteiger partial charge on any atom is -0.425 e. The van der Waals surface area contributed by atoms with Gasteiger partial charge in [0.2, 0.25) is 0 Å². The van der Waals surface area contributed by atoms with E-state index in [1.165, 1.54) is 12.4 Å². The van der Waals surface area contributed by atoms with Crippen molar-refractivity contribution in [1.82, 2.24) is 10.3 Å². The Morgan fingerprint density at radius 2 is 1.95 bits per heavy atom. The van der Waals surface area contributed by atoms with E-state index in [1.807, 2.05) is 25.1 Å². The minimum atomic E-state index is -0.509. The Labute approximate surface area is 123 Å². The summed E-state index contributed by atoms with van der Waals surface area (Å²) in [5, 5.41) is 2.51. The van der Waals surface area contributed by atoms with Gasteiger partial charge in [-0.05, 0) is 36.2 Å². The molecule has 0 saturated heterocycles. The molecule has 0 aliphatic carbocycles. The number of ether oxygens (including phenoxy) is 1. The number of rotatable bonds is 5. The number of aromatic nitrogens is 1. The summed E-state index contributed by atoms with van der Waals surface area (Å²) in [7, 11) is 0. The van der Waals surface area contributed by atoms with Gasteiger partial charge in [-0.25, -0.2) is 4.79 Å². The molecule has 0 radical (unpaired) electrons. The number of nitrogens with one attached hydrogen (secondary N) is 1. The van der Waals surface area contributed by atoms with Crippen molar-refractivity contribution in [3.63, 3.8) is 0 Å².